The van der Waals surface area contributed by atoms with E-state index in [4.69, 9.17) is 17.0 Å². The fourth-order valence-electron chi connectivity index (χ4n) is 5.73. The van der Waals surface area contributed by atoms with Gasteiger partial charge in [0.05, 0.1) is 23.9 Å². The molecular formula is C28H34N4OS. The monoisotopic (exact) mass is 474 g/mol. The molecule has 3 aromatic rings. The maximum Gasteiger partial charge on any atom is 0.174 e. The molecule has 0 unspecified atom stereocenters. The molecular weight excluding hydrogens is 440 g/mol. The zero-order chi connectivity index (χ0) is 23.8. The molecule has 178 valence electrons. The van der Waals surface area contributed by atoms with Gasteiger partial charge in [-0.1, -0.05) is 6.07 Å². The Balaban J connectivity index is 1.54. The van der Waals surface area contributed by atoms with Crippen LogP contribution < -0.4 is 15.0 Å². The van der Waals surface area contributed by atoms with Gasteiger partial charge in [0.1, 0.15) is 5.75 Å². The van der Waals surface area contributed by atoms with Crippen molar-refractivity contribution < 1.29 is 4.74 Å². The number of pyridine rings is 1. The summed E-state index contributed by atoms with van der Waals surface area (Å²) in [6, 6.07) is 17.2. The van der Waals surface area contributed by atoms with Crippen LogP contribution in [0.1, 0.15) is 80.3 Å². The minimum Gasteiger partial charge on any atom is -0.490 e. The van der Waals surface area contributed by atoms with Crippen molar-refractivity contribution in [2.75, 3.05) is 4.90 Å². The Morgan fingerprint density at radius 1 is 1.06 bits per heavy atom. The lowest BCUT2D eigenvalue weighted by atomic mass is 9.96. The van der Waals surface area contributed by atoms with Crippen molar-refractivity contribution in [2.24, 2.45) is 0 Å². The van der Waals surface area contributed by atoms with Crippen LogP contribution in [0.15, 0.2) is 54.7 Å². The van der Waals surface area contributed by atoms with Crippen LogP contribution in [0.3, 0.4) is 0 Å². The number of nitrogens with zero attached hydrogens (tertiary/aromatic N) is 3. The molecule has 2 atom stereocenters. The molecule has 5 rings (SSSR count). The SMILES string of the molecule is Cc1cc([C@@H]2[C@@H](c3ccccn3)NC(=S)N2c2ccc(OC3CCCC3)cc2)c(C)n1C(C)C. The van der Waals surface area contributed by atoms with Gasteiger partial charge in [0, 0.05) is 29.3 Å². The minimum absolute atomic E-state index is 0.00250. The van der Waals surface area contributed by atoms with E-state index in [1.54, 1.807) is 0 Å². The Labute approximate surface area is 208 Å². The molecule has 0 spiro atoms. The summed E-state index contributed by atoms with van der Waals surface area (Å²) < 4.78 is 8.61. The molecule has 1 aliphatic carbocycles. The standard InChI is InChI=1S/C28H34N4OS/c1-18(2)31-19(3)17-24(20(31)4)27-26(25-11-7-8-16-29-25)30-28(34)32(27)21-12-14-23(15-13-21)33-22-9-5-6-10-22/h7-8,11-18,22,26-27H,5-6,9-10H2,1-4H3,(H,30,34)/t26-,27-/m1/s1. The number of aromatic nitrogens is 2. The van der Waals surface area contributed by atoms with E-state index in [1.807, 2.05) is 18.3 Å². The maximum atomic E-state index is 6.21. The summed E-state index contributed by atoms with van der Waals surface area (Å²) in [6.45, 7) is 8.87. The lowest BCUT2D eigenvalue weighted by Crippen LogP contribution is -2.29. The largest absolute Gasteiger partial charge is 0.490 e. The topological polar surface area (TPSA) is 42.3 Å². The third kappa shape index (κ3) is 4.20. The number of thiocarbonyl (C=S) groups is 1. The Morgan fingerprint density at radius 2 is 1.79 bits per heavy atom. The van der Waals surface area contributed by atoms with E-state index in [1.165, 1.54) is 29.8 Å². The smallest absolute Gasteiger partial charge is 0.174 e. The van der Waals surface area contributed by atoms with E-state index in [9.17, 15) is 0 Å². The highest BCUT2D eigenvalue weighted by atomic mass is 32.1. The molecule has 1 saturated heterocycles. The Hall–Kier alpha value is -2.86. The summed E-state index contributed by atoms with van der Waals surface area (Å²) in [7, 11) is 0. The zero-order valence-electron chi connectivity index (χ0n) is 20.5. The molecule has 0 bridgehead atoms. The molecule has 1 saturated carbocycles. The van der Waals surface area contributed by atoms with Crippen molar-refractivity contribution in [2.45, 2.75) is 77.6 Å². The van der Waals surface area contributed by atoms with Gasteiger partial charge in [0.2, 0.25) is 0 Å². The van der Waals surface area contributed by atoms with Crippen LogP contribution in [-0.4, -0.2) is 20.8 Å². The van der Waals surface area contributed by atoms with Crippen LogP contribution in [0.2, 0.25) is 0 Å². The van der Waals surface area contributed by atoms with Gasteiger partial charge in [-0.05, 0) is 114 Å². The molecule has 2 aliphatic rings. The Morgan fingerprint density at radius 3 is 2.41 bits per heavy atom. The predicted molar refractivity (Wildman–Crippen MR) is 142 cm³/mol. The highest BCUT2D eigenvalue weighted by Crippen LogP contribution is 2.44. The highest BCUT2D eigenvalue weighted by molar-refractivity contribution is 7.80. The van der Waals surface area contributed by atoms with Crippen molar-refractivity contribution in [3.63, 3.8) is 0 Å². The lowest BCUT2D eigenvalue weighted by Gasteiger charge is -2.28. The average Bonchev–Trinajstić information content (AvgIpc) is 3.53. The summed E-state index contributed by atoms with van der Waals surface area (Å²) in [5.41, 5.74) is 5.87. The number of aryl methyl sites for hydroxylation is 1. The van der Waals surface area contributed by atoms with Crippen molar-refractivity contribution in [1.82, 2.24) is 14.9 Å². The van der Waals surface area contributed by atoms with Gasteiger partial charge in [-0.2, -0.15) is 0 Å². The second-order valence-electron chi connectivity index (χ2n) is 9.81. The first kappa shape index (κ1) is 22.9. The molecule has 1 aromatic carbocycles. The van der Waals surface area contributed by atoms with E-state index in [0.717, 1.165) is 35.1 Å². The van der Waals surface area contributed by atoms with Crippen LogP contribution in [-0.2, 0) is 0 Å². The summed E-state index contributed by atoms with van der Waals surface area (Å²) >= 11 is 5.91. The van der Waals surface area contributed by atoms with Gasteiger partial charge >= 0.3 is 0 Å². The molecule has 2 fully saturated rings. The van der Waals surface area contributed by atoms with Crippen LogP contribution in [0.25, 0.3) is 0 Å². The molecule has 2 aromatic heterocycles. The van der Waals surface area contributed by atoms with Crippen LogP contribution in [0, 0.1) is 13.8 Å². The van der Waals surface area contributed by atoms with Gasteiger partial charge in [0.15, 0.2) is 5.11 Å². The van der Waals surface area contributed by atoms with Gasteiger partial charge in [-0.15, -0.1) is 0 Å². The molecule has 34 heavy (non-hydrogen) atoms. The van der Waals surface area contributed by atoms with Crippen LogP contribution in [0.5, 0.6) is 5.75 Å². The molecule has 0 radical (unpaired) electrons. The van der Waals surface area contributed by atoms with Gasteiger partial charge in [-0.3, -0.25) is 4.98 Å². The third-order valence-electron chi connectivity index (χ3n) is 7.18. The maximum absolute atomic E-state index is 6.21. The first-order valence-electron chi connectivity index (χ1n) is 12.4. The van der Waals surface area contributed by atoms with E-state index < -0.39 is 0 Å². The number of rotatable bonds is 6. The number of hydrogen-bond acceptors (Lipinski definition) is 3. The van der Waals surface area contributed by atoms with Gasteiger partial charge in [-0.25, -0.2) is 0 Å². The van der Waals surface area contributed by atoms with E-state index in [2.05, 4.69) is 83.9 Å². The van der Waals surface area contributed by atoms with Gasteiger partial charge < -0.3 is 19.5 Å². The first-order valence-corrected chi connectivity index (χ1v) is 12.8. The fourth-order valence-corrected chi connectivity index (χ4v) is 6.08. The summed E-state index contributed by atoms with van der Waals surface area (Å²) in [6.07, 6.45) is 7.04. The Kier molecular flexibility index (Phi) is 6.34. The van der Waals surface area contributed by atoms with E-state index >= 15 is 0 Å². The van der Waals surface area contributed by atoms with E-state index in [-0.39, 0.29) is 12.1 Å². The molecule has 3 heterocycles. The number of benzene rings is 1. The quantitative estimate of drug-likeness (QED) is 0.409. The molecule has 1 aliphatic heterocycles. The third-order valence-corrected chi connectivity index (χ3v) is 7.49. The minimum atomic E-state index is -0.0378. The number of anilines is 1. The molecule has 0 amide bonds. The summed E-state index contributed by atoms with van der Waals surface area (Å²) in [5.74, 6) is 0.935. The second-order valence-corrected chi connectivity index (χ2v) is 10.2. The molecule has 5 nitrogen and oxygen atoms in total. The van der Waals surface area contributed by atoms with Crippen LogP contribution in [0.4, 0.5) is 5.69 Å². The lowest BCUT2D eigenvalue weighted by molar-refractivity contribution is 0.210. The molecule has 1 N–H and O–H groups in total. The molecule has 6 heteroatoms. The highest BCUT2D eigenvalue weighted by Gasteiger charge is 2.42. The first-order chi connectivity index (χ1) is 16.4. The average molecular weight is 475 g/mol. The van der Waals surface area contributed by atoms with Crippen molar-refractivity contribution in [3.8, 4) is 5.75 Å². The van der Waals surface area contributed by atoms with Crippen LogP contribution >= 0.6 is 12.2 Å². The van der Waals surface area contributed by atoms with Gasteiger partial charge in [0.25, 0.3) is 0 Å². The fraction of sp³-hybridized carbons (Fsp3) is 0.429. The second kappa shape index (κ2) is 9.41. The van der Waals surface area contributed by atoms with E-state index in [0.29, 0.717) is 12.1 Å². The van der Waals surface area contributed by atoms with Crippen molar-refractivity contribution >= 4 is 23.0 Å². The normalized spacial score (nSPS) is 20.9. The number of ether oxygens (including phenoxy) is 1. The zero-order valence-corrected chi connectivity index (χ0v) is 21.3. The number of hydrogen-bond donors (Lipinski definition) is 1. The Bertz CT molecular complexity index is 1150. The van der Waals surface area contributed by atoms with Crippen molar-refractivity contribution in [3.05, 3.63) is 77.4 Å². The number of nitrogens with one attached hydrogen (secondary N) is 1. The van der Waals surface area contributed by atoms with Crippen molar-refractivity contribution in [1.29, 1.82) is 0 Å². The summed E-state index contributed by atoms with van der Waals surface area (Å²) in [5, 5.41) is 4.30. The predicted octanol–water partition coefficient (Wildman–Crippen LogP) is 6.58. The summed E-state index contributed by atoms with van der Waals surface area (Å²) in [4.78, 5) is 6.94.